The molecule has 122 valence electrons. The molecule has 1 aromatic heterocycles. The SMILES string of the molecule is CCCNCCc1ccc(S(=O)(=O)NCC(C)(C)SC)s1. The molecule has 0 atom stereocenters. The maximum absolute atomic E-state index is 12.3. The molecule has 0 unspecified atom stereocenters. The molecule has 0 aliphatic heterocycles. The number of hydrogen-bond acceptors (Lipinski definition) is 5. The number of hydrogen-bond donors (Lipinski definition) is 2. The smallest absolute Gasteiger partial charge is 0.250 e. The lowest BCUT2D eigenvalue weighted by atomic mass is 10.2. The quantitative estimate of drug-likeness (QED) is 0.637. The van der Waals surface area contributed by atoms with E-state index < -0.39 is 10.0 Å². The van der Waals surface area contributed by atoms with Crippen LogP contribution in [0, 0.1) is 0 Å². The van der Waals surface area contributed by atoms with E-state index in [1.165, 1.54) is 11.3 Å². The van der Waals surface area contributed by atoms with Crippen LogP contribution in [0.3, 0.4) is 0 Å². The average molecular weight is 351 g/mol. The topological polar surface area (TPSA) is 58.2 Å². The third kappa shape index (κ3) is 6.69. The monoisotopic (exact) mass is 350 g/mol. The van der Waals surface area contributed by atoms with Gasteiger partial charge in [0, 0.05) is 16.2 Å². The van der Waals surface area contributed by atoms with Crippen LogP contribution in [0.1, 0.15) is 32.1 Å². The Morgan fingerprint density at radius 3 is 2.62 bits per heavy atom. The first-order valence-electron chi connectivity index (χ1n) is 7.15. The molecule has 1 aromatic rings. The maximum Gasteiger partial charge on any atom is 0.250 e. The van der Waals surface area contributed by atoms with Gasteiger partial charge in [-0.1, -0.05) is 6.92 Å². The van der Waals surface area contributed by atoms with E-state index in [4.69, 9.17) is 0 Å². The molecule has 2 N–H and O–H groups in total. The van der Waals surface area contributed by atoms with Gasteiger partial charge in [-0.3, -0.25) is 0 Å². The molecule has 0 fully saturated rings. The number of sulfonamides is 1. The molecule has 0 radical (unpaired) electrons. The Morgan fingerprint density at radius 1 is 1.29 bits per heavy atom. The lowest BCUT2D eigenvalue weighted by Gasteiger charge is -2.21. The van der Waals surface area contributed by atoms with Crippen molar-refractivity contribution in [3.63, 3.8) is 0 Å². The van der Waals surface area contributed by atoms with Gasteiger partial charge in [0.05, 0.1) is 0 Å². The summed E-state index contributed by atoms with van der Waals surface area (Å²) in [5, 5.41) is 3.32. The molecule has 0 aliphatic carbocycles. The predicted molar refractivity (Wildman–Crippen MR) is 94.0 cm³/mol. The highest BCUT2D eigenvalue weighted by atomic mass is 32.2. The highest BCUT2D eigenvalue weighted by Crippen LogP contribution is 2.24. The van der Waals surface area contributed by atoms with E-state index in [0.29, 0.717) is 10.8 Å². The fourth-order valence-electron chi connectivity index (χ4n) is 1.56. The van der Waals surface area contributed by atoms with Crippen molar-refractivity contribution in [2.45, 2.75) is 42.6 Å². The molecule has 7 heteroatoms. The minimum atomic E-state index is -3.38. The highest BCUT2D eigenvalue weighted by Gasteiger charge is 2.22. The number of nitrogens with one attached hydrogen (secondary N) is 2. The van der Waals surface area contributed by atoms with Crippen molar-refractivity contribution >= 4 is 33.1 Å². The first kappa shape index (κ1) is 19.0. The first-order chi connectivity index (χ1) is 9.80. The first-order valence-corrected chi connectivity index (χ1v) is 10.7. The molecule has 1 rings (SSSR count). The zero-order valence-corrected chi connectivity index (χ0v) is 15.7. The van der Waals surface area contributed by atoms with Crippen LogP contribution >= 0.6 is 23.1 Å². The summed E-state index contributed by atoms with van der Waals surface area (Å²) in [6, 6.07) is 3.61. The van der Waals surface area contributed by atoms with Gasteiger partial charge in [-0.25, -0.2) is 13.1 Å². The van der Waals surface area contributed by atoms with E-state index in [0.717, 1.165) is 30.8 Å². The van der Waals surface area contributed by atoms with E-state index in [1.807, 2.05) is 26.2 Å². The second-order valence-corrected chi connectivity index (χ2v) is 10.2. The summed E-state index contributed by atoms with van der Waals surface area (Å²) in [6.45, 7) is 8.51. The van der Waals surface area contributed by atoms with Gasteiger partial charge in [-0.05, 0) is 58.2 Å². The van der Waals surface area contributed by atoms with Gasteiger partial charge in [0.25, 0.3) is 0 Å². The molecule has 0 spiro atoms. The summed E-state index contributed by atoms with van der Waals surface area (Å²) in [5.74, 6) is 0. The Balaban J connectivity index is 2.58. The number of thioether (sulfide) groups is 1. The molecule has 0 saturated carbocycles. The molecule has 0 aromatic carbocycles. The molecule has 0 aliphatic rings. The van der Waals surface area contributed by atoms with Crippen LogP contribution in [0.5, 0.6) is 0 Å². The number of thiophene rings is 1. The Bertz CT molecular complexity index is 524. The molecule has 0 saturated heterocycles. The minimum Gasteiger partial charge on any atom is -0.316 e. The van der Waals surface area contributed by atoms with Crippen LogP contribution in [-0.4, -0.2) is 39.1 Å². The van der Waals surface area contributed by atoms with E-state index in [2.05, 4.69) is 17.0 Å². The van der Waals surface area contributed by atoms with Gasteiger partial charge in [-0.15, -0.1) is 11.3 Å². The van der Waals surface area contributed by atoms with Crippen LogP contribution in [-0.2, 0) is 16.4 Å². The molecular weight excluding hydrogens is 324 g/mol. The van der Waals surface area contributed by atoms with Crippen molar-refractivity contribution < 1.29 is 8.42 Å². The average Bonchev–Trinajstić information content (AvgIpc) is 2.91. The Labute approximate surface area is 137 Å². The van der Waals surface area contributed by atoms with Crippen LogP contribution < -0.4 is 10.0 Å². The third-order valence-corrected chi connectivity index (χ3v) is 7.40. The van der Waals surface area contributed by atoms with Crippen LogP contribution in [0.4, 0.5) is 0 Å². The third-order valence-electron chi connectivity index (χ3n) is 3.12. The van der Waals surface area contributed by atoms with Gasteiger partial charge >= 0.3 is 0 Å². The van der Waals surface area contributed by atoms with Gasteiger partial charge in [0.2, 0.25) is 10.0 Å². The van der Waals surface area contributed by atoms with E-state index in [-0.39, 0.29) is 4.75 Å². The van der Waals surface area contributed by atoms with Crippen LogP contribution in [0.15, 0.2) is 16.3 Å². The van der Waals surface area contributed by atoms with E-state index in [9.17, 15) is 8.42 Å². The summed E-state index contributed by atoms with van der Waals surface area (Å²) in [6.07, 6.45) is 3.97. The second kappa shape index (κ2) is 8.53. The summed E-state index contributed by atoms with van der Waals surface area (Å²) in [7, 11) is -3.38. The molecule has 0 amide bonds. The molecule has 0 bridgehead atoms. The molecule has 21 heavy (non-hydrogen) atoms. The summed E-state index contributed by atoms with van der Waals surface area (Å²) in [5.41, 5.74) is 0. The Kier molecular flexibility index (Phi) is 7.70. The zero-order valence-electron chi connectivity index (χ0n) is 13.2. The maximum atomic E-state index is 12.3. The zero-order chi connectivity index (χ0) is 15.9. The van der Waals surface area contributed by atoms with Crippen molar-refractivity contribution in [3.05, 3.63) is 17.0 Å². The van der Waals surface area contributed by atoms with Gasteiger partial charge < -0.3 is 5.32 Å². The predicted octanol–water partition coefficient (Wildman–Crippen LogP) is 2.71. The standard InChI is InChI=1S/C14H26N2O2S3/c1-5-9-15-10-8-12-6-7-13(20-12)21(17,18)16-11-14(2,3)19-4/h6-7,15-16H,5,8-11H2,1-4H3. The summed E-state index contributed by atoms with van der Waals surface area (Å²) in [4.78, 5) is 1.10. The van der Waals surface area contributed by atoms with Crippen molar-refractivity contribution in [3.8, 4) is 0 Å². The van der Waals surface area contributed by atoms with Crippen molar-refractivity contribution in [1.82, 2.24) is 10.0 Å². The van der Waals surface area contributed by atoms with Crippen molar-refractivity contribution in [2.75, 3.05) is 25.9 Å². The fourth-order valence-corrected chi connectivity index (χ4v) is 4.48. The minimum absolute atomic E-state index is 0.1000. The van der Waals surface area contributed by atoms with E-state index >= 15 is 0 Å². The van der Waals surface area contributed by atoms with Gasteiger partial charge in [0.15, 0.2) is 0 Å². The van der Waals surface area contributed by atoms with E-state index in [1.54, 1.807) is 17.8 Å². The summed E-state index contributed by atoms with van der Waals surface area (Å²) < 4.78 is 27.5. The largest absolute Gasteiger partial charge is 0.316 e. The molecule has 4 nitrogen and oxygen atoms in total. The highest BCUT2D eigenvalue weighted by molar-refractivity contribution is 8.00. The lowest BCUT2D eigenvalue weighted by molar-refractivity contribution is 0.573. The van der Waals surface area contributed by atoms with Gasteiger partial charge in [0.1, 0.15) is 4.21 Å². The second-order valence-electron chi connectivity index (χ2n) is 5.51. The van der Waals surface area contributed by atoms with Gasteiger partial charge in [-0.2, -0.15) is 11.8 Å². The van der Waals surface area contributed by atoms with Crippen molar-refractivity contribution in [1.29, 1.82) is 0 Å². The molecular formula is C14H26N2O2S3. The number of rotatable bonds is 10. The Hall–Kier alpha value is -0.0800. The molecule has 1 heterocycles. The normalized spacial score (nSPS) is 12.8. The van der Waals surface area contributed by atoms with Crippen LogP contribution in [0.2, 0.25) is 0 Å². The van der Waals surface area contributed by atoms with Crippen LogP contribution in [0.25, 0.3) is 0 Å². The summed E-state index contributed by atoms with van der Waals surface area (Å²) >= 11 is 3.01. The van der Waals surface area contributed by atoms with Crippen molar-refractivity contribution in [2.24, 2.45) is 0 Å². The Morgan fingerprint density at radius 2 is 2.00 bits per heavy atom. The fraction of sp³-hybridized carbons (Fsp3) is 0.714. The lowest BCUT2D eigenvalue weighted by Crippen LogP contribution is -2.35.